The van der Waals surface area contributed by atoms with Crippen molar-refractivity contribution in [3.8, 4) is 11.5 Å². The van der Waals surface area contributed by atoms with E-state index in [1.54, 1.807) is 0 Å². The number of hydrogen-bond donors (Lipinski definition) is 0. The van der Waals surface area contributed by atoms with Crippen LogP contribution in [0, 0.1) is 5.92 Å². The van der Waals surface area contributed by atoms with Crippen molar-refractivity contribution in [2.45, 2.75) is 38.7 Å². The summed E-state index contributed by atoms with van der Waals surface area (Å²) in [6, 6.07) is 5.56. The van der Waals surface area contributed by atoms with Crippen molar-refractivity contribution in [2.75, 3.05) is 26.2 Å². The molecule has 2 heterocycles. The highest BCUT2D eigenvalue weighted by Gasteiger charge is 2.26. The second-order valence-corrected chi connectivity index (χ2v) is 6.61. The van der Waals surface area contributed by atoms with Crippen molar-refractivity contribution in [1.29, 1.82) is 0 Å². The van der Waals surface area contributed by atoms with Crippen LogP contribution in [0.4, 0.5) is 0 Å². The molecule has 3 rings (SSSR count). The Balaban J connectivity index is 1.51. The van der Waals surface area contributed by atoms with Crippen LogP contribution in [0.2, 0.25) is 5.02 Å². The van der Waals surface area contributed by atoms with Gasteiger partial charge in [0.25, 0.3) is 0 Å². The van der Waals surface area contributed by atoms with Crippen LogP contribution in [0.1, 0.15) is 32.6 Å². The number of rotatable bonds is 4. The molecular formula is C17H24ClNO2. The fraction of sp³-hybridized carbons (Fsp3) is 0.647. The summed E-state index contributed by atoms with van der Waals surface area (Å²) in [5, 5.41) is 0.693. The largest absolute Gasteiger partial charge is 0.486 e. The Bertz CT molecular complexity index is 472. The van der Waals surface area contributed by atoms with Crippen LogP contribution in [-0.4, -0.2) is 37.2 Å². The van der Waals surface area contributed by atoms with E-state index < -0.39 is 0 Å². The summed E-state index contributed by atoms with van der Waals surface area (Å²) in [6.45, 7) is 6.23. The summed E-state index contributed by atoms with van der Waals surface area (Å²) in [6.07, 6.45) is 5.44. The molecular weight excluding hydrogens is 286 g/mol. The molecule has 0 saturated carbocycles. The molecule has 0 radical (unpaired) electrons. The monoisotopic (exact) mass is 309 g/mol. The van der Waals surface area contributed by atoms with Crippen molar-refractivity contribution >= 4 is 11.6 Å². The Morgan fingerprint density at radius 1 is 1.24 bits per heavy atom. The smallest absolute Gasteiger partial charge is 0.163 e. The van der Waals surface area contributed by atoms with Gasteiger partial charge in [-0.15, -0.1) is 0 Å². The number of likely N-dealkylation sites (tertiary alicyclic amines) is 1. The molecule has 0 unspecified atom stereocenters. The van der Waals surface area contributed by atoms with Gasteiger partial charge in [0.15, 0.2) is 11.5 Å². The summed E-state index contributed by atoms with van der Waals surface area (Å²) in [5.74, 6) is 2.51. The molecule has 2 aliphatic heterocycles. The van der Waals surface area contributed by atoms with Gasteiger partial charge in [-0.05, 0) is 44.0 Å². The van der Waals surface area contributed by atoms with Gasteiger partial charge in [-0.3, -0.25) is 4.90 Å². The highest BCUT2D eigenvalue weighted by atomic mass is 35.5. The summed E-state index contributed by atoms with van der Waals surface area (Å²) >= 11 is 6.02. The van der Waals surface area contributed by atoms with Crippen LogP contribution in [-0.2, 0) is 0 Å². The summed E-state index contributed by atoms with van der Waals surface area (Å²) < 4.78 is 11.8. The normalized spacial score (nSPS) is 23.2. The average molecular weight is 310 g/mol. The zero-order chi connectivity index (χ0) is 14.7. The van der Waals surface area contributed by atoms with Gasteiger partial charge in [0.05, 0.1) is 0 Å². The van der Waals surface area contributed by atoms with Crippen molar-refractivity contribution < 1.29 is 9.47 Å². The lowest BCUT2D eigenvalue weighted by atomic mass is 9.92. The predicted molar refractivity (Wildman–Crippen MR) is 85.4 cm³/mol. The topological polar surface area (TPSA) is 21.7 Å². The molecule has 116 valence electrons. The fourth-order valence-electron chi connectivity index (χ4n) is 3.33. The first kappa shape index (κ1) is 15.0. The number of benzene rings is 1. The highest BCUT2D eigenvalue weighted by Crippen LogP contribution is 2.34. The minimum Gasteiger partial charge on any atom is -0.486 e. The maximum atomic E-state index is 6.04. The molecule has 0 bridgehead atoms. The number of hydrogen-bond acceptors (Lipinski definition) is 3. The maximum absolute atomic E-state index is 6.04. The Morgan fingerprint density at radius 3 is 2.81 bits per heavy atom. The van der Waals surface area contributed by atoms with Crippen LogP contribution < -0.4 is 9.47 Å². The van der Waals surface area contributed by atoms with E-state index in [9.17, 15) is 0 Å². The number of halogens is 1. The molecule has 0 amide bonds. The number of ether oxygens (including phenoxy) is 2. The van der Waals surface area contributed by atoms with Crippen LogP contribution >= 0.6 is 11.6 Å². The quantitative estimate of drug-likeness (QED) is 0.839. The third-order valence-electron chi connectivity index (χ3n) is 4.49. The Hall–Kier alpha value is -0.930. The lowest BCUT2D eigenvalue weighted by Crippen LogP contribution is -2.44. The highest BCUT2D eigenvalue weighted by molar-refractivity contribution is 6.30. The Morgan fingerprint density at radius 2 is 2.05 bits per heavy atom. The van der Waals surface area contributed by atoms with Crippen LogP contribution in [0.5, 0.6) is 11.5 Å². The van der Waals surface area contributed by atoms with Gasteiger partial charge in [0.2, 0.25) is 0 Å². The molecule has 1 aromatic rings. The molecule has 3 nitrogen and oxygen atoms in total. The van der Waals surface area contributed by atoms with Crippen LogP contribution in [0.3, 0.4) is 0 Å². The van der Waals surface area contributed by atoms with E-state index in [-0.39, 0.29) is 6.10 Å². The van der Waals surface area contributed by atoms with E-state index >= 15 is 0 Å². The first-order chi connectivity index (χ1) is 10.2. The van der Waals surface area contributed by atoms with Crippen molar-refractivity contribution in [2.24, 2.45) is 5.92 Å². The Kier molecular flexibility index (Phi) is 4.91. The van der Waals surface area contributed by atoms with E-state index in [0.717, 1.165) is 24.0 Å². The lowest BCUT2D eigenvalue weighted by Gasteiger charge is -2.35. The van der Waals surface area contributed by atoms with E-state index in [0.29, 0.717) is 11.6 Å². The van der Waals surface area contributed by atoms with Crippen LogP contribution in [0.25, 0.3) is 0 Å². The minimum atomic E-state index is 0.110. The van der Waals surface area contributed by atoms with Crippen molar-refractivity contribution in [1.82, 2.24) is 4.90 Å². The Labute approximate surface area is 132 Å². The summed E-state index contributed by atoms with van der Waals surface area (Å²) in [7, 11) is 0. The molecule has 1 fully saturated rings. The maximum Gasteiger partial charge on any atom is 0.163 e. The molecule has 0 N–H and O–H groups in total. The molecule has 0 aromatic heterocycles. The molecule has 1 atom stereocenters. The molecule has 4 heteroatoms. The van der Waals surface area contributed by atoms with Crippen molar-refractivity contribution in [3.05, 3.63) is 23.2 Å². The van der Waals surface area contributed by atoms with Gasteiger partial charge in [-0.25, -0.2) is 0 Å². The van der Waals surface area contributed by atoms with Gasteiger partial charge in [-0.1, -0.05) is 31.4 Å². The minimum absolute atomic E-state index is 0.110. The van der Waals surface area contributed by atoms with E-state index in [2.05, 4.69) is 11.8 Å². The molecule has 0 aliphatic carbocycles. The molecule has 21 heavy (non-hydrogen) atoms. The van der Waals surface area contributed by atoms with Gasteiger partial charge in [-0.2, -0.15) is 0 Å². The van der Waals surface area contributed by atoms with Gasteiger partial charge in [0.1, 0.15) is 12.7 Å². The molecule has 0 spiro atoms. The lowest BCUT2D eigenvalue weighted by molar-refractivity contribution is 0.0472. The number of fused-ring (bicyclic) bond motifs is 1. The predicted octanol–water partition coefficient (Wildman–Crippen LogP) is 3.99. The fourth-order valence-corrected chi connectivity index (χ4v) is 3.50. The molecule has 1 aromatic carbocycles. The van der Waals surface area contributed by atoms with E-state index in [1.165, 1.54) is 38.8 Å². The van der Waals surface area contributed by atoms with Gasteiger partial charge < -0.3 is 9.47 Å². The van der Waals surface area contributed by atoms with Crippen LogP contribution in [0.15, 0.2) is 18.2 Å². The third kappa shape index (κ3) is 3.83. The molecule has 1 saturated heterocycles. The average Bonchev–Trinajstić information content (AvgIpc) is 2.49. The van der Waals surface area contributed by atoms with Gasteiger partial charge >= 0.3 is 0 Å². The first-order valence-corrected chi connectivity index (χ1v) is 8.43. The van der Waals surface area contributed by atoms with E-state index in [1.807, 2.05) is 18.2 Å². The zero-order valence-corrected chi connectivity index (χ0v) is 13.4. The zero-order valence-electron chi connectivity index (χ0n) is 12.7. The SMILES string of the molecule is CCCC1CCN(C[C@H]2COc3ccc(Cl)cc3O2)CC1. The number of nitrogens with zero attached hydrogens (tertiary/aromatic N) is 1. The molecule has 2 aliphatic rings. The van der Waals surface area contributed by atoms with E-state index in [4.69, 9.17) is 21.1 Å². The van der Waals surface area contributed by atoms with Gasteiger partial charge in [0, 0.05) is 17.6 Å². The summed E-state index contributed by atoms with van der Waals surface area (Å²) in [5.41, 5.74) is 0. The second kappa shape index (κ2) is 6.89. The van der Waals surface area contributed by atoms with Crippen molar-refractivity contribution in [3.63, 3.8) is 0 Å². The standard InChI is InChI=1S/C17H24ClNO2/c1-2-3-13-6-8-19(9-7-13)11-15-12-20-16-5-4-14(18)10-17(16)21-15/h4-5,10,13,15H,2-3,6-9,11-12H2,1H3/t15-/m0/s1. The number of piperidine rings is 1. The first-order valence-electron chi connectivity index (χ1n) is 8.06. The summed E-state index contributed by atoms with van der Waals surface area (Å²) in [4.78, 5) is 2.51. The second-order valence-electron chi connectivity index (χ2n) is 6.17. The third-order valence-corrected chi connectivity index (χ3v) is 4.73.